The third-order valence-electron chi connectivity index (χ3n) is 4.36. The van der Waals surface area contributed by atoms with Gasteiger partial charge in [0.1, 0.15) is 0 Å². The highest BCUT2D eigenvalue weighted by molar-refractivity contribution is 4.83. The first-order valence-corrected chi connectivity index (χ1v) is 7.32. The Morgan fingerprint density at radius 1 is 1.35 bits per heavy atom. The summed E-state index contributed by atoms with van der Waals surface area (Å²) in [5.41, 5.74) is 0.383. The molecule has 3 atom stereocenters. The van der Waals surface area contributed by atoms with E-state index in [1.54, 1.807) is 0 Å². The van der Waals surface area contributed by atoms with Crippen molar-refractivity contribution in [2.24, 2.45) is 11.3 Å². The summed E-state index contributed by atoms with van der Waals surface area (Å²) in [6.45, 7) is 17.8. The largest absolute Gasteiger partial charge is 0.314 e. The van der Waals surface area contributed by atoms with Gasteiger partial charge in [-0.05, 0) is 44.2 Å². The van der Waals surface area contributed by atoms with Crippen LogP contribution >= 0.6 is 0 Å². The van der Waals surface area contributed by atoms with Crippen LogP contribution in [0.25, 0.3) is 0 Å². The van der Waals surface area contributed by atoms with Crippen LogP contribution in [0.3, 0.4) is 0 Å². The monoisotopic (exact) mass is 240 g/mol. The summed E-state index contributed by atoms with van der Waals surface area (Å²) >= 11 is 0. The lowest BCUT2D eigenvalue weighted by atomic mass is 9.86. The summed E-state index contributed by atoms with van der Waals surface area (Å²) in [5, 5.41) is 3.69. The Kier molecular flexibility index (Phi) is 5.46. The quantitative estimate of drug-likeness (QED) is 0.798. The van der Waals surface area contributed by atoms with Crippen LogP contribution in [-0.2, 0) is 0 Å². The molecule has 1 rings (SSSR count). The van der Waals surface area contributed by atoms with E-state index in [-0.39, 0.29) is 0 Å². The summed E-state index contributed by atoms with van der Waals surface area (Å²) in [6, 6.07) is 1.38. The second-order valence-corrected chi connectivity index (χ2v) is 6.94. The minimum atomic E-state index is 0.383. The van der Waals surface area contributed by atoms with Crippen molar-refractivity contribution in [1.29, 1.82) is 0 Å². The van der Waals surface area contributed by atoms with Crippen molar-refractivity contribution in [2.45, 2.75) is 66.5 Å². The molecule has 1 aliphatic heterocycles. The molecule has 1 N–H and O–H groups in total. The zero-order chi connectivity index (χ0) is 13.1. The Labute approximate surface area is 108 Å². The van der Waals surface area contributed by atoms with E-state index >= 15 is 0 Å². The van der Waals surface area contributed by atoms with E-state index in [9.17, 15) is 0 Å². The van der Waals surface area contributed by atoms with Crippen molar-refractivity contribution in [2.75, 3.05) is 19.6 Å². The summed E-state index contributed by atoms with van der Waals surface area (Å²) in [6.07, 6.45) is 2.55. The highest BCUT2D eigenvalue weighted by atomic mass is 15.2. The molecule has 0 aromatic carbocycles. The predicted molar refractivity (Wildman–Crippen MR) is 76.4 cm³/mol. The molecule has 102 valence electrons. The lowest BCUT2D eigenvalue weighted by molar-refractivity contribution is 0.0837. The van der Waals surface area contributed by atoms with Gasteiger partial charge in [-0.25, -0.2) is 0 Å². The molecule has 0 radical (unpaired) electrons. The number of nitrogens with one attached hydrogen (secondary N) is 1. The SMILES string of the molecule is CCC1CCN(C(C)C(C)(C)C)CC(C)CN1. The van der Waals surface area contributed by atoms with E-state index < -0.39 is 0 Å². The molecule has 1 aliphatic rings. The van der Waals surface area contributed by atoms with Gasteiger partial charge >= 0.3 is 0 Å². The standard InChI is InChI=1S/C15H32N2/c1-7-14-8-9-17(11-12(2)10-16-14)13(3)15(4,5)6/h12-14,16H,7-11H2,1-6H3. The molecular weight excluding hydrogens is 208 g/mol. The third-order valence-corrected chi connectivity index (χ3v) is 4.36. The molecule has 0 amide bonds. The Hall–Kier alpha value is -0.0800. The Balaban J connectivity index is 2.64. The van der Waals surface area contributed by atoms with Crippen LogP contribution in [0, 0.1) is 11.3 Å². The van der Waals surface area contributed by atoms with Crippen LogP contribution in [0.1, 0.15) is 54.4 Å². The number of rotatable bonds is 2. The van der Waals surface area contributed by atoms with Crippen molar-refractivity contribution in [3.05, 3.63) is 0 Å². The van der Waals surface area contributed by atoms with E-state index in [0.29, 0.717) is 17.5 Å². The van der Waals surface area contributed by atoms with Crippen molar-refractivity contribution in [1.82, 2.24) is 10.2 Å². The van der Waals surface area contributed by atoms with Crippen LogP contribution in [-0.4, -0.2) is 36.6 Å². The summed E-state index contributed by atoms with van der Waals surface area (Å²) in [7, 11) is 0. The molecule has 17 heavy (non-hydrogen) atoms. The Bertz CT molecular complexity index is 219. The molecule has 1 fully saturated rings. The first-order valence-electron chi connectivity index (χ1n) is 7.32. The molecule has 0 aromatic rings. The van der Waals surface area contributed by atoms with Gasteiger partial charge in [0.15, 0.2) is 0 Å². The number of nitrogens with zero attached hydrogens (tertiary/aromatic N) is 1. The van der Waals surface area contributed by atoms with E-state index in [2.05, 4.69) is 51.8 Å². The second kappa shape index (κ2) is 6.19. The van der Waals surface area contributed by atoms with Gasteiger partial charge in [0.05, 0.1) is 0 Å². The van der Waals surface area contributed by atoms with E-state index in [1.807, 2.05) is 0 Å². The van der Waals surface area contributed by atoms with E-state index in [1.165, 1.54) is 32.5 Å². The van der Waals surface area contributed by atoms with Crippen LogP contribution in [0.2, 0.25) is 0 Å². The zero-order valence-electron chi connectivity index (χ0n) is 12.7. The summed E-state index contributed by atoms with van der Waals surface area (Å²) < 4.78 is 0. The number of hydrogen-bond donors (Lipinski definition) is 1. The highest BCUT2D eigenvalue weighted by Gasteiger charge is 2.28. The molecule has 1 saturated heterocycles. The molecule has 0 aromatic heterocycles. The Morgan fingerprint density at radius 3 is 2.53 bits per heavy atom. The van der Waals surface area contributed by atoms with Gasteiger partial charge in [0.25, 0.3) is 0 Å². The maximum atomic E-state index is 3.69. The van der Waals surface area contributed by atoms with Crippen LogP contribution in [0.5, 0.6) is 0 Å². The van der Waals surface area contributed by atoms with E-state index in [0.717, 1.165) is 5.92 Å². The van der Waals surface area contributed by atoms with Crippen molar-refractivity contribution in [3.8, 4) is 0 Å². The molecule has 3 unspecified atom stereocenters. The van der Waals surface area contributed by atoms with Crippen LogP contribution < -0.4 is 5.32 Å². The minimum Gasteiger partial charge on any atom is -0.314 e. The first kappa shape index (κ1) is 15.0. The number of hydrogen-bond acceptors (Lipinski definition) is 2. The molecule has 0 spiro atoms. The fourth-order valence-corrected chi connectivity index (χ4v) is 2.60. The highest BCUT2D eigenvalue weighted by Crippen LogP contribution is 2.25. The maximum Gasteiger partial charge on any atom is 0.0116 e. The summed E-state index contributed by atoms with van der Waals surface area (Å²) in [4.78, 5) is 2.70. The first-order chi connectivity index (χ1) is 7.84. The van der Waals surface area contributed by atoms with Gasteiger partial charge in [-0.15, -0.1) is 0 Å². The van der Waals surface area contributed by atoms with Gasteiger partial charge in [-0.1, -0.05) is 34.6 Å². The van der Waals surface area contributed by atoms with E-state index in [4.69, 9.17) is 0 Å². The lowest BCUT2D eigenvalue weighted by Gasteiger charge is -2.41. The minimum absolute atomic E-state index is 0.383. The van der Waals surface area contributed by atoms with Gasteiger partial charge in [-0.3, -0.25) is 4.90 Å². The van der Waals surface area contributed by atoms with Gasteiger partial charge in [0.2, 0.25) is 0 Å². The molecule has 0 bridgehead atoms. The molecule has 0 aliphatic carbocycles. The predicted octanol–water partition coefficient (Wildman–Crippen LogP) is 3.13. The fraction of sp³-hybridized carbons (Fsp3) is 1.00. The van der Waals surface area contributed by atoms with Crippen molar-refractivity contribution in [3.63, 3.8) is 0 Å². The molecular formula is C15H32N2. The topological polar surface area (TPSA) is 15.3 Å². The third kappa shape index (κ3) is 4.59. The van der Waals surface area contributed by atoms with Gasteiger partial charge in [0, 0.05) is 18.6 Å². The van der Waals surface area contributed by atoms with Crippen LogP contribution in [0.4, 0.5) is 0 Å². The molecule has 1 heterocycles. The average Bonchev–Trinajstić information content (AvgIpc) is 2.22. The Morgan fingerprint density at radius 2 is 2.00 bits per heavy atom. The molecule has 2 nitrogen and oxygen atoms in total. The van der Waals surface area contributed by atoms with Crippen LogP contribution in [0.15, 0.2) is 0 Å². The second-order valence-electron chi connectivity index (χ2n) is 6.94. The lowest BCUT2D eigenvalue weighted by Crippen LogP contribution is -2.49. The van der Waals surface area contributed by atoms with Gasteiger partial charge < -0.3 is 5.32 Å². The summed E-state index contributed by atoms with van der Waals surface area (Å²) in [5.74, 6) is 0.758. The average molecular weight is 240 g/mol. The zero-order valence-corrected chi connectivity index (χ0v) is 12.7. The smallest absolute Gasteiger partial charge is 0.0116 e. The fourth-order valence-electron chi connectivity index (χ4n) is 2.60. The van der Waals surface area contributed by atoms with Crippen molar-refractivity contribution < 1.29 is 0 Å². The van der Waals surface area contributed by atoms with Gasteiger partial charge in [-0.2, -0.15) is 0 Å². The van der Waals surface area contributed by atoms with Crippen molar-refractivity contribution >= 4 is 0 Å². The molecule has 2 heteroatoms. The normalized spacial score (nSPS) is 30.7. The maximum absolute atomic E-state index is 3.69. The molecule has 0 saturated carbocycles.